The van der Waals surface area contributed by atoms with Gasteiger partial charge >= 0.3 is 0 Å². The Bertz CT molecular complexity index is 924. The first-order valence-corrected chi connectivity index (χ1v) is 10.0. The second-order valence-corrected chi connectivity index (χ2v) is 7.39. The number of nitrogens with one attached hydrogen (secondary N) is 1. The molecule has 0 saturated carbocycles. The normalized spacial score (nSPS) is 11.7. The Hall–Kier alpha value is -2.47. The Kier molecular flexibility index (Phi) is 6.98. The van der Waals surface area contributed by atoms with Crippen molar-refractivity contribution in [3.8, 4) is 16.2 Å². The molecule has 3 rings (SSSR count). The molecule has 1 atom stereocenters. The van der Waals surface area contributed by atoms with Crippen LogP contribution < -0.4 is 10.1 Å². The van der Waals surface area contributed by atoms with Gasteiger partial charge < -0.3 is 19.5 Å². The van der Waals surface area contributed by atoms with Gasteiger partial charge in [0.15, 0.2) is 12.7 Å². The lowest BCUT2D eigenvalue weighted by molar-refractivity contribution is 0.0511. The van der Waals surface area contributed by atoms with E-state index in [4.69, 9.17) is 25.8 Å². The molecule has 1 aromatic heterocycles. The molecule has 4 nitrogen and oxygen atoms in total. The highest BCUT2D eigenvalue weighted by molar-refractivity contribution is 7.14. The lowest BCUT2D eigenvalue weighted by atomic mass is 10.1. The van der Waals surface area contributed by atoms with E-state index >= 15 is 0 Å². The lowest BCUT2D eigenvalue weighted by Crippen LogP contribution is -2.07. The number of anilines is 1. The molecule has 0 bridgehead atoms. The van der Waals surface area contributed by atoms with Crippen molar-refractivity contribution in [2.75, 3.05) is 19.2 Å². The molecule has 1 heterocycles. The summed E-state index contributed by atoms with van der Waals surface area (Å²) in [5.41, 5.74) is 2.94. The number of hydrogen-bond acceptors (Lipinski definition) is 5. The topological polar surface area (TPSA) is 39.7 Å². The second-order valence-electron chi connectivity index (χ2n) is 6.07. The van der Waals surface area contributed by atoms with Gasteiger partial charge in [0.05, 0.1) is 10.6 Å². The van der Waals surface area contributed by atoms with E-state index in [0.29, 0.717) is 10.9 Å². The SMILES string of the molecule is C=C(Nc1ccsc1-c1ccc(OCOC)cc1)OC(C)c1ccccc1Cl. The third-order valence-corrected chi connectivity index (χ3v) is 5.37. The van der Waals surface area contributed by atoms with Crippen LogP contribution in [0.5, 0.6) is 5.75 Å². The molecule has 0 saturated heterocycles. The zero-order chi connectivity index (χ0) is 19.9. The van der Waals surface area contributed by atoms with Crippen molar-refractivity contribution >= 4 is 28.6 Å². The molecular weight excluding hydrogens is 394 g/mol. The lowest BCUT2D eigenvalue weighted by Gasteiger charge is -2.19. The molecule has 0 radical (unpaired) electrons. The van der Waals surface area contributed by atoms with Crippen LogP contribution in [0.1, 0.15) is 18.6 Å². The fraction of sp³-hybridized carbons (Fsp3) is 0.182. The standard InChI is InChI=1S/C22H22ClNO3S/c1-15(19-6-4-5-7-20(19)23)27-16(2)24-21-12-13-28-22(21)17-8-10-18(11-9-17)26-14-25-3/h4-13,15,24H,2,14H2,1,3H3. The molecule has 0 amide bonds. The summed E-state index contributed by atoms with van der Waals surface area (Å²) < 4.78 is 16.3. The fourth-order valence-corrected chi connectivity index (χ4v) is 3.87. The van der Waals surface area contributed by atoms with Crippen LogP contribution in [0.25, 0.3) is 10.4 Å². The largest absolute Gasteiger partial charge is 0.472 e. The Labute approximate surface area is 174 Å². The fourth-order valence-electron chi connectivity index (χ4n) is 2.72. The molecule has 3 aromatic rings. The molecule has 0 aliphatic heterocycles. The van der Waals surface area contributed by atoms with Crippen LogP contribution in [0.15, 0.2) is 72.4 Å². The van der Waals surface area contributed by atoms with Gasteiger partial charge in [-0.05, 0) is 60.8 Å². The van der Waals surface area contributed by atoms with Crippen LogP contribution in [0, 0.1) is 0 Å². The van der Waals surface area contributed by atoms with E-state index in [-0.39, 0.29) is 12.9 Å². The molecule has 146 valence electrons. The van der Waals surface area contributed by atoms with Crippen LogP contribution >= 0.6 is 22.9 Å². The van der Waals surface area contributed by atoms with Gasteiger partial charge in [0.2, 0.25) is 0 Å². The van der Waals surface area contributed by atoms with Gasteiger partial charge in [-0.3, -0.25) is 0 Å². The van der Waals surface area contributed by atoms with E-state index in [9.17, 15) is 0 Å². The number of thiophene rings is 1. The average molecular weight is 416 g/mol. The van der Waals surface area contributed by atoms with Gasteiger partial charge in [0.25, 0.3) is 0 Å². The van der Waals surface area contributed by atoms with E-state index in [2.05, 4.69) is 11.9 Å². The maximum atomic E-state index is 6.25. The van der Waals surface area contributed by atoms with Gasteiger partial charge in [-0.1, -0.05) is 29.8 Å². The van der Waals surface area contributed by atoms with Crippen molar-refractivity contribution in [3.05, 3.63) is 83.0 Å². The maximum absolute atomic E-state index is 6.25. The maximum Gasteiger partial charge on any atom is 0.188 e. The third-order valence-electron chi connectivity index (χ3n) is 4.06. The summed E-state index contributed by atoms with van der Waals surface area (Å²) >= 11 is 7.89. The number of ether oxygens (including phenoxy) is 3. The number of halogens is 1. The van der Waals surface area contributed by atoms with Crippen molar-refractivity contribution in [1.82, 2.24) is 0 Å². The summed E-state index contributed by atoms with van der Waals surface area (Å²) in [7, 11) is 1.60. The van der Waals surface area contributed by atoms with E-state index in [0.717, 1.165) is 27.4 Å². The predicted octanol–water partition coefficient (Wildman–Crippen LogP) is 6.71. The Morgan fingerprint density at radius 3 is 2.61 bits per heavy atom. The van der Waals surface area contributed by atoms with E-state index in [1.54, 1.807) is 18.4 Å². The first-order chi connectivity index (χ1) is 13.6. The summed E-state index contributed by atoms with van der Waals surface area (Å²) in [4.78, 5) is 1.09. The predicted molar refractivity (Wildman–Crippen MR) is 116 cm³/mol. The van der Waals surface area contributed by atoms with Crippen LogP contribution in [0.4, 0.5) is 5.69 Å². The number of hydrogen-bond donors (Lipinski definition) is 1. The monoisotopic (exact) mass is 415 g/mol. The van der Waals surface area contributed by atoms with Gasteiger partial charge in [0.1, 0.15) is 11.9 Å². The molecule has 28 heavy (non-hydrogen) atoms. The minimum Gasteiger partial charge on any atom is -0.472 e. The highest BCUT2D eigenvalue weighted by Gasteiger charge is 2.13. The molecular formula is C22H22ClNO3S. The van der Waals surface area contributed by atoms with Gasteiger partial charge in [-0.25, -0.2) is 0 Å². The van der Waals surface area contributed by atoms with E-state index in [1.165, 1.54) is 0 Å². The second kappa shape index (κ2) is 9.64. The van der Waals surface area contributed by atoms with Crippen LogP contribution in [-0.4, -0.2) is 13.9 Å². The molecule has 6 heteroatoms. The van der Waals surface area contributed by atoms with Gasteiger partial charge in [-0.2, -0.15) is 0 Å². The minimum atomic E-state index is -0.215. The molecule has 2 aromatic carbocycles. The molecule has 0 spiro atoms. The zero-order valence-electron chi connectivity index (χ0n) is 15.8. The molecule has 0 fully saturated rings. The van der Waals surface area contributed by atoms with Gasteiger partial charge in [0, 0.05) is 17.7 Å². The van der Waals surface area contributed by atoms with Crippen LogP contribution in [0.2, 0.25) is 5.02 Å². The van der Waals surface area contributed by atoms with Crippen molar-refractivity contribution in [2.24, 2.45) is 0 Å². The molecule has 1 N–H and O–H groups in total. The smallest absolute Gasteiger partial charge is 0.188 e. The van der Waals surface area contributed by atoms with Crippen molar-refractivity contribution in [3.63, 3.8) is 0 Å². The van der Waals surface area contributed by atoms with E-state index < -0.39 is 0 Å². The van der Waals surface area contributed by atoms with Crippen molar-refractivity contribution in [2.45, 2.75) is 13.0 Å². The highest BCUT2D eigenvalue weighted by Crippen LogP contribution is 2.36. The molecule has 0 aliphatic carbocycles. The van der Waals surface area contributed by atoms with Crippen LogP contribution in [0.3, 0.4) is 0 Å². The summed E-state index contributed by atoms with van der Waals surface area (Å²) in [6, 6.07) is 17.5. The number of benzene rings is 2. The Balaban J connectivity index is 1.66. The first-order valence-electron chi connectivity index (χ1n) is 8.75. The summed E-state index contributed by atoms with van der Waals surface area (Å²) in [5, 5.41) is 5.96. The quantitative estimate of drug-likeness (QED) is 0.311. The Morgan fingerprint density at radius 1 is 1.14 bits per heavy atom. The third kappa shape index (κ3) is 5.07. The zero-order valence-corrected chi connectivity index (χ0v) is 17.3. The number of methoxy groups -OCH3 is 1. The minimum absolute atomic E-state index is 0.215. The van der Waals surface area contributed by atoms with Crippen molar-refractivity contribution in [1.29, 1.82) is 0 Å². The summed E-state index contributed by atoms with van der Waals surface area (Å²) in [5.74, 6) is 1.23. The van der Waals surface area contributed by atoms with E-state index in [1.807, 2.05) is 66.9 Å². The summed E-state index contributed by atoms with van der Waals surface area (Å²) in [6.07, 6.45) is -0.215. The summed E-state index contributed by atoms with van der Waals surface area (Å²) in [6.45, 7) is 6.18. The van der Waals surface area contributed by atoms with Crippen LogP contribution in [-0.2, 0) is 9.47 Å². The van der Waals surface area contributed by atoms with Crippen molar-refractivity contribution < 1.29 is 14.2 Å². The first kappa shape index (κ1) is 20.3. The number of rotatable bonds is 9. The Morgan fingerprint density at radius 2 is 1.89 bits per heavy atom. The van der Waals surface area contributed by atoms with Gasteiger partial charge in [-0.15, -0.1) is 11.3 Å². The highest BCUT2D eigenvalue weighted by atomic mass is 35.5. The molecule has 1 unspecified atom stereocenters. The molecule has 0 aliphatic rings. The average Bonchev–Trinajstić information content (AvgIpc) is 3.15.